The minimum atomic E-state index is -0.740. The van der Waals surface area contributed by atoms with Crippen LogP contribution < -0.4 is 10.6 Å². The van der Waals surface area contributed by atoms with Crippen LogP contribution in [0.25, 0.3) is 11.0 Å². The van der Waals surface area contributed by atoms with Crippen molar-refractivity contribution in [2.75, 3.05) is 0 Å². The van der Waals surface area contributed by atoms with E-state index in [4.69, 9.17) is 4.42 Å². The Morgan fingerprint density at radius 1 is 1.15 bits per heavy atom. The number of carbonyl (C=O) groups excluding carboxylic acids is 2. The van der Waals surface area contributed by atoms with E-state index in [1.165, 1.54) is 18.2 Å². The number of halogens is 1. The van der Waals surface area contributed by atoms with Crippen molar-refractivity contribution in [2.45, 2.75) is 26.4 Å². The van der Waals surface area contributed by atoms with Crippen LogP contribution in [-0.4, -0.2) is 17.9 Å². The Bertz CT molecular complexity index is 950. The predicted molar refractivity (Wildman–Crippen MR) is 96.1 cm³/mol. The number of carbonyl (C=O) groups is 2. The first kappa shape index (κ1) is 17.7. The SMILES string of the molecule is Cc1c(C(=O)NC(C)C(=O)NCc2ccccc2)oc2ccc(F)cc12. The molecule has 0 spiro atoms. The maximum atomic E-state index is 13.4. The average Bonchev–Trinajstić information content (AvgIpc) is 2.97. The molecule has 5 nitrogen and oxygen atoms in total. The summed E-state index contributed by atoms with van der Waals surface area (Å²) in [6.07, 6.45) is 0. The number of rotatable bonds is 5. The summed E-state index contributed by atoms with van der Waals surface area (Å²) >= 11 is 0. The van der Waals surface area contributed by atoms with Gasteiger partial charge in [-0.25, -0.2) is 4.39 Å². The lowest BCUT2D eigenvalue weighted by Gasteiger charge is -2.13. The summed E-state index contributed by atoms with van der Waals surface area (Å²) in [6.45, 7) is 3.65. The van der Waals surface area contributed by atoms with Crippen LogP contribution in [0.2, 0.25) is 0 Å². The van der Waals surface area contributed by atoms with Crippen molar-refractivity contribution < 1.29 is 18.4 Å². The summed E-state index contributed by atoms with van der Waals surface area (Å²) in [5.74, 6) is -1.14. The summed E-state index contributed by atoms with van der Waals surface area (Å²) in [5.41, 5.74) is 1.93. The molecule has 1 aromatic heterocycles. The third-order valence-corrected chi connectivity index (χ3v) is 4.15. The van der Waals surface area contributed by atoms with Gasteiger partial charge in [-0.05, 0) is 37.6 Å². The highest BCUT2D eigenvalue weighted by atomic mass is 19.1. The van der Waals surface area contributed by atoms with Crippen LogP contribution in [0.4, 0.5) is 4.39 Å². The molecule has 1 atom stereocenters. The Morgan fingerprint density at radius 2 is 1.88 bits per heavy atom. The van der Waals surface area contributed by atoms with Crippen molar-refractivity contribution in [1.29, 1.82) is 0 Å². The lowest BCUT2D eigenvalue weighted by Crippen LogP contribution is -2.44. The van der Waals surface area contributed by atoms with Gasteiger partial charge in [-0.3, -0.25) is 9.59 Å². The van der Waals surface area contributed by atoms with Crippen molar-refractivity contribution in [3.8, 4) is 0 Å². The standard InChI is InChI=1S/C20H19FN2O3/c1-12-16-10-15(21)8-9-17(16)26-18(12)20(25)23-13(2)19(24)22-11-14-6-4-3-5-7-14/h3-10,13H,11H2,1-2H3,(H,22,24)(H,23,25). The molecule has 0 aliphatic carbocycles. The van der Waals surface area contributed by atoms with Crippen molar-refractivity contribution >= 4 is 22.8 Å². The largest absolute Gasteiger partial charge is 0.451 e. The Labute approximate surface area is 150 Å². The molecule has 0 aliphatic rings. The number of fused-ring (bicyclic) bond motifs is 1. The Kier molecular flexibility index (Phi) is 5.02. The molecule has 2 amide bonds. The second-order valence-corrected chi connectivity index (χ2v) is 6.10. The normalized spacial score (nSPS) is 12.0. The second kappa shape index (κ2) is 7.39. The van der Waals surface area contributed by atoms with Gasteiger partial charge in [0.1, 0.15) is 17.4 Å². The molecule has 0 fully saturated rings. The fourth-order valence-corrected chi connectivity index (χ4v) is 2.68. The van der Waals surface area contributed by atoms with Gasteiger partial charge in [0, 0.05) is 17.5 Å². The van der Waals surface area contributed by atoms with Crippen molar-refractivity contribution in [1.82, 2.24) is 10.6 Å². The lowest BCUT2D eigenvalue weighted by atomic mass is 10.1. The molecule has 2 aromatic carbocycles. The van der Waals surface area contributed by atoms with Gasteiger partial charge in [0.15, 0.2) is 5.76 Å². The van der Waals surface area contributed by atoms with E-state index in [9.17, 15) is 14.0 Å². The molecule has 134 valence electrons. The topological polar surface area (TPSA) is 71.3 Å². The highest BCUT2D eigenvalue weighted by Gasteiger charge is 2.22. The van der Waals surface area contributed by atoms with E-state index in [2.05, 4.69) is 10.6 Å². The molecular formula is C20H19FN2O3. The average molecular weight is 354 g/mol. The van der Waals surface area contributed by atoms with Gasteiger partial charge >= 0.3 is 0 Å². The van der Waals surface area contributed by atoms with Gasteiger partial charge in [0.2, 0.25) is 5.91 Å². The number of hydrogen-bond donors (Lipinski definition) is 2. The Morgan fingerprint density at radius 3 is 2.62 bits per heavy atom. The minimum absolute atomic E-state index is 0.0771. The monoisotopic (exact) mass is 354 g/mol. The zero-order valence-corrected chi connectivity index (χ0v) is 14.5. The molecule has 6 heteroatoms. The van der Waals surface area contributed by atoms with E-state index in [0.29, 0.717) is 23.1 Å². The zero-order chi connectivity index (χ0) is 18.7. The van der Waals surface area contributed by atoms with Crippen molar-refractivity contribution in [3.05, 3.63) is 71.2 Å². The molecule has 0 saturated heterocycles. The molecule has 26 heavy (non-hydrogen) atoms. The van der Waals surface area contributed by atoms with Crippen LogP contribution in [0.3, 0.4) is 0 Å². The maximum Gasteiger partial charge on any atom is 0.287 e. The third kappa shape index (κ3) is 3.74. The number of benzene rings is 2. The van der Waals surface area contributed by atoms with Crippen LogP contribution in [-0.2, 0) is 11.3 Å². The van der Waals surface area contributed by atoms with Crippen LogP contribution in [0.15, 0.2) is 52.9 Å². The van der Waals surface area contributed by atoms with E-state index in [1.807, 2.05) is 30.3 Å². The molecular weight excluding hydrogens is 335 g/mol. The molecule has 0 bridgehead atoms. The molecule has 0 aliphatic heterocycles. The molecule has 1 unspecified atom stereocenters. The predicted octanol–water partition coefficient (Wildman–Crippen LogP) is 3.32. The zero-order valence-electron chi connectivity index (χ0n) is 14.5. The molecule has 3 rings (SSSR count). The van der Waals surface area contributed by atoms with Crippen LogP contribution in [0, 0.1) is 12.7 Å². The minimum Gasteiger partial charge on any atom is -0.451 e. The summed E-state index contributed by atoms with van der Waals surface area (Å²) < 4.78 is 18.9. The van der Waals surface area contributed by atoms with Gasteiger partial charge < -0.3 is 15.1 Å². The number of aryl methyl sites for hydroxylation is 1. The number of hydrogen-bond acceptors (Lipinski definition) is 3. The first-order valence-corrected chi connectivity index (χ1v) is 8.27. The summed E-state index contributed by atoms with van der Waals surface area (Å²) in [5, 5.41) is 5.92. The van der Waals surface area contributed by atoms with Gasteiger partial charge in [-0.1, -0.05) is 30.3 Å². The van der Waals surface area contributed by atoms with Crippen molar-refractivity contribution in [3.63, 3.8) is 0 Å². The van der Waals surface area contributed by atoms with E-state index in [-0.39, 0.29) is 11.7 Å². The summed E-state index contributed by atoms with van der Waals surface area (Å²) in [4.78, 5) is 24.6. The first-order valence-electron chi connectivity index (χ1n) is 8.27. The number of amides is 2. The number of nitrogens with one attached hydrogen (secondary N) is 2. The lowest BCUT2D eigenvalue weighted by molar-refractivity contribution is -0.122. The van der Waals surface area contributed by atoms with Crippen molar-refractivity contribution in [2.24, 2.45) is 0 Å². The fourth-order valence-electron chi connectivity index (χ4n) is 2.68. The molecule has 2 N–H and O–H groups in total. The molecule has 1 heterocycles. The van der Waals surface area contributed by atoms with Gasteiger partial charge in [0.05, 0.1) is 0 Å². The number of furan rings is 1. The van der Waals surface area contributed by atoms with Gasteiger partial charge in [-0.15, -0.1) is 0 Å². The molecule has 3 aromatic rings. The van der Waals surface area contributed by atoms with Gasteiger partial charge in [-0.2, -0.15) is 0 Å². The first-order chi connectivity index (χ1) is 12.5. The van der Waals surface area contributed by atoms with E-state index < -0.39 is 17.8 Å². The highest BCUT2D eigenvalue weighted by Crippen LogP contribution is 2.25. The quantitative estimate of drug-likeness (QED) is 0.738. The van der Waals surface area contributed by atoms with E-state index in [1.54, 1.807) is 13.8 Å². The van der Waals surface area contributed by atoms with E-state index in [0.717, 1.165) is 5.56 Å². The van der Waals surface area contributed by atoms with Gasteiger partial charge in [0.25, 0.3) is 5.91 Å². The highest BCUT2D eigenvalue weighted by molar-refractivity contribution is 6.00. The third-order valence-electron chi connectivity index (χ3n) is 4.15. The summed E-state index contributed by atoms with van der Waals surface area (Å²) in [6, 6.07) is 12.8. The molecule has 0 saturated carbocycles. The van der Waals surface area contributed by atoms with Crippen LogP contribution in [0.1, 0.15) is 28.6 Å². The molecule has 0 radical (unpaired) electrons. The summed E-state index contributed by atoms with van der Waals surface area (Å²) in [7, 11) is 0. The fraction of sp³-hybridized carbons (Fsp3) is 0.200. The van der Waals surface area contributed by atoms with Crippen LogP contribution in [0.5, 0.6) is 0 Å². The van der Waals surface area contributed by atoms with Crippen LogP contribution >= 0.6 is 0 Å². The Balaban J connectivity index is 1.65. The smallest absolute Gasteiger partial charge is 0.287 e. The second-order valence-electron chi connectivity index (χ2n) is 6.10. The Hall–Kier alpha value is -3.15. The van der Waals surface area contributed by atoms with E-state index >= 15 is 0 Å². The maximum absolute atomic E-state index is 13.4.